The summed E-state index contributed by atoms with van der Waals surface area (Å²) in [5, 5.41) is 6.61. The minimum Gasteiger partial charge on any atom is -0.452 e. The fraction of sp³-hybridized carbons (Fsp3) is 0.364. The largest absolute Gasteiger partial charge is 0.452 e. The summed E-state index contributed by atoms with van der Waals surface area (Å²) in [7, 11) is 1.68. The van der Waals surface area contributed by atoms with Crippen LogP contribution in [0.4, 0.5) is 0 Å². The zero-order chi connectivity index (χ0) is 13.1. The molecule has 1 N–H and O–H groups in total. The van der Waals surface area contributed by atoms with Crippen molar-refractivity contribution in [3.05, 3.63) is 34.2 Å². The summed E-state index contributed by atoms with van der Waals surface area (Å²) >= 11 is 3.22. The topological polar surface area (TPSA) is 75.0 Å². The Bertz CT molecular complexity index is 549. The SMILES string of the molecule is CCc1nc(C(=O)N(C)Cc2ccc(Br)o2)n[nH]1. The second-order valence-corrected chi connectivity index (χ2v) is 4.61. The molecule has 0 aromatic carbocycles. The highest BCUT2D eigenvalue weighted by atomic mass is 79.9. The van der Waals surface area contributed by atoms with Gasteiger partial charge in [-0.25, -0.2) is 4.98 Å². The standard InChI is InChI=1S/C11H13BrN4O2/c1-3-9-13-10(15-14-9)11(17)16(2)6-7-4-5-8(12)18-7/h4-5H,3,6H2,1-2H3,(H,13,14,15). The van der Waals surface area contributed by atoms with Crippen molar-refractivity contribution in [2.75, 3.05) is 7.05 Å². The molecule has 2 aromatic heterocycles. The van der Waals surface area contributed by atoms with Crippen LogP contribution in [0.1, 0.15) is 29.1 Å². The molecule has 0 radical (unpaired) electrons. The molecule has 0 bridgehead atoms. The Morgan fingerprint density at radius 3 is 2.89 bits per heavy atom. The monoisotopic (exact) mass is 312 g/mol. The fourth-order valence-corrected chi connectivity index (χ4v) is 1.80. The molecule has 2 aromatic rings. The van der Waals surface area contributed by atoms with Crippen molar-refractivity contribution in [3.8, 4) is 0 Å². The van der Waals surface area contributed by atoms with E-state index in [1.807, 2.05) is 13.0 Å². The van der Waals surface area contributed by atoms with Gasteiger partial charge in [0.2, 0.25) is 5.82 Å². The predicted molar refractivity (Wildman–Crippen MR) is 68.0 cm³/mol. The zero-order valence-corrected chi connectivity index (χ0v) is 11.7. The van der Waals surface area contributed by atoms with Crippen LogP contribution in [-0.4, -0.2) is 33.0 Å². The van der Waals surface area contributed by atoms with Crippen molar-refractivity contribution < 1.29 is 9.21 Å². The van der Waals surface area contributed by atoms with Crippen LogP contribution in [0.25, 0.3) is 0 Å². The molecule has 1 amide bonds. The highest BCUT2D eigenvalue weighted by molar-refractivity contribution is 9.10. The van der Waals surface area contributed by atoms with Gasteiger partial charge < -0.3 is 9.32 Å². The van der Waals surface area contributed by atoms with E-state index in [1.54, 1.807) is 13.1 Å². The van der Waals surface area contributed by atoms with E-state index in [4.69, 9.17) is 4.42 Å². The molecule has 2 rings (SSSR count). The minimum atomic E-state index is -0.238. The molecular formula is C11H13BrN4O2. The van der Waals surface area contributed by atoms with E-state index in [9.17, 15) is 4.79 Å². The Morgan fingerprint density at radius 2 is 2.33 bits per heavy atom. The van der Waals surface area contributed by atoms with E-state index < -0.39 is 0 Å². The average Bonchev–Trinajstić information content (AvgIpc) is 2.97. The number of nitrogens with one attached hydrogen (secondary N) is 1. The van der Waals surface area contributed by atoms with Crippen molar-refractivity contribution in [3.63, 3.8) is 0 Å². The number of aromatic nitrogens is 3. The van der Waals surface area contributed by atoms with Crippen LogP contribution >= 0.6 is 15.9 Å². The first-order chi connectivity index (χ1) is 8.60. The van der Waals surface area contributed by atoms with Crippen molar-refractivity contribution >= 4 is 21.8 Å². The third-order valence-electron chi connectivity index (χ3n) is 2.43. The highest BCUT2D eigenvalue weighted by Gasteiger charge is 2.18. The lowest BCUT2D eigenvalue weighted by atomic mass is 10.4. The van der Waals surface area contributed by atoms with E-state index >= 15 is 0 Å². The van der Waals surface area contributed by atoms with Crippen LogP contribution in [0.3, 0.4) is 0 Å². The van der Waals surface area contributed by atoms with Gasteiger partial charge in [-0.15, -0.1) is 5.10 Å². The van der Waals surface area contributed by atoms with Gasteiger partial charge in [0.1, 0.15) is 11.6 Å². The fourth-order valence-electron chi connectivity index (χ4n) is 1.46. The lowest BCUT2D eigenvalue weighted by molar-refractivity contribution is 0.0763. The predicted octanol–water partition coefficient (Wildman–Crippen LogP) is 1.99. The first-order valence-electron chi connectivity index (χ1n) is 5.51. The van der Waals surface area contributed by atoms with Gasteiger partial charge in [-0.2, -0.15) is 0 Å². The molecular weight excluding hydrogens is 300 g/mol. The number of H-pyrrole nitrogens is 1. The van der Waals surface area contributed by atoms with Crippen LogP contribution in [0.15, 0.2) is 21.2 Å². The minimum absolute atomic E-state index is 0.181. The van der Waals surface area contributed by atoms with Gasteiger partial charge in [0.15, 0.2) is 4.67 Å². The number of amides is 1. The summed E-state index contributed by atoms with van der Waals surface area (Å²) in [6.07, 6.45) is 0.717. The Morgan fingerprint density at radius 1 is 1.56 bits per heavy atom. The van der Waals surface area contributed by atoms with Crippen LogP contribution in [-0.2, 0) is 13.0 Å². The maximum absolute atomic E-state index is 12.0. The van der Waals surface area contributed by atoms with Gasteiger partial charge in [0, 0.05) is 13.5 Å². The van der Waals surface area contributed by atoms with E-state index in [2.05, 4.69) is 31.1 Å². The summed E-state index contributed by atoms with van der Waals surface area (Å²) in [6.45, 7) is 2.32. The van der Waals surface area contributed by atoms with Gasteiger partial charge in [0.05, 0.1) is 6.54 Å². The van der Waals surface area contributed by atoms with E-state index in [0.717, 1.165) is 6.42 Å². The number of furan rings is 1. The van der Waals surface area contributed by atoms with Gasteiger partial charge in [-0.05, 0) is 28.1 Å². The molecule has 0 unspecified atom stereocenters. The van der Waals surface area contributed by atoms with Crippen LogP contribution in [0.2, 0.25) is 0 Å². The lowest BCUT2D eigenvalue weighted by Gasteiger charge is -2.12. The number of carbonyl (C=O) groups excluding carboxylic acids is 1. The second kappa shape index (κ2) is 5.34. The van der Waals surface area contributed by atoms with Crippen molar-refractivity contribution in [2.45, 2.75) is 19.9 Å². The van der Waals surface area contributed by atoms with Gasteiger partial charge >= 0.3 is 0 Å². The zero-order valence-electron chi connectivity index (χ0n) is 10.1. The highest BCUT2D eigenvalue weighted by Crippen LogP contribution is 2.15. The molecule has 0 atom stereocenters. The molecule has 0 aliphatic heterocycles. The number of rotatable bonds is 4. The Hall–Kier alpha value is -1.63. The number of halogens is 1. The van der Waals surface area contributed by atoms with Crippen LogP contribution in [0.5, 0.6) is 0 Å². The molecule has 0 spiro atoms. The number of aromatic amines is 1. The van der Waals surface area contributed by atoms with E-state index in [1.165, 1.54) is 4.90 Å². The summed E-state index contributed by atoms with van der Waals surface area (Å²) < 4.78 is 5.98. The lowest BCUT2D eigenvalue weighted by Crippen LogP contribution is -2.27. The number of aryl methyl sites for hydroxylation is 1. The average molecular weight is 313 g/mol. The van der Waals surface area contributed by atoms with E-state index in [0.29, 0.717) is 22.8 Å². The van der Waals surface area contributed by atoms with Gasteiger partial charge in [-0.3, -0.25) is 9.89 Å². The normalized spacial score (nSPS) is 10.6. The first-order valence-corrected chi connectivity index (χ1v) is 6.30. The van der Waals surface area contributed by atoms with Gasteiger partial charge in [0.25, 0.3) is 5.91 Å². The third kappa shape index (κ3) is 2.79. The number of nitrogens with zero attached hydrogens (tertiary/aromatic N) is 3. The smallest absolute Gasteiger partial charge is 0.293 e. The molecule has 2 heterocycles. The first kappa shape index (κ1) is 12.8. The third-order valence-corrected chi connectivity index (χ3v) is 2.85. The maximum Gasteiger partial charge on any atom is 0.293 e. The molecule has 6 nitrogen and oxygen atoms in total. The number of hydrogen-bond acceptors (Lipinski definition) is 4. The molecule has 0 aliphatic carbocycles. The summed E-state index contributed by atoms with van der Waals surface area (Å²) in [6, 6.07) is 3.60. The van der Waals surface area contributed by atoms with E-state index in [-0.39, 0.29) is 11.7 Å². The molecule has 0 saturated heterocycles. The molecule has 0 saturated carbocycles. The molecule has 7 heteroatoms. The van der Waals surface area contributed by atoms with Gasteiger partial charge in [-0.1, -0.05) is 6.92 Å². The number of hydrogen-bond donors (Lipinski definition) is 1. The molecule has 96 valence electrons. The van der Waals surface area contributed by atoms with Crippen LogP contribution < -0.4 is 0 Å². The quantitative estimate of drug-likeness (QED) is 0.937. The summed E-state index contributed by atoms with van der Waals surface area (Å²) in [4.78, 5) is 17.6. The Kier molecular flexibility index (Phi) is 3.81. The molecule has 0 fully saturated rings. The van der Waals surface area contributed by atoms with Crippen molar-refractivity contribution in [1.29, 1.82) is 0 Å². The van der Waals surface area contributed by atoms with Crippen molar-refractivity contribution in [2.24, 2.45) is 0 Å². The van der Waals surface area contributed by atoms with Crippen molar-refractivity contribution in [1.82, 2.24) is 20.1 Å². The summed E-state index contributed by atoms with van der Waals surface area (Å²) in [5.74, 6) is 1.34. The Balaban J connectivity index is 2.04. The molecule has 0 aliphatic rings. The number of carbonyl (C=O) groups is 1. The maximum atomic E-state index is 12.0. The summed E-state index contributed by atoms with van der Waals surface area (Å²) in [5.41, 5.74) is 0. The molecule has 18 heavy (non-hydrogen) atoms. The second-order valence-electron chi connectivity index (χ2n) is 3.83. The van der Waals surface area contributed by atoms with Crippen LogP contribution in [0, 0.1) is 0 Å². The Labute approximate surface area is 113 Å².